The van der Waals surface area contributed by atoms with Gasteiger partial charge in [0.1, 0.15) is 5.82 Å². The van der Waals surface area contributed by atoms with Crippen LogP contribution in [0.3, 0.4) is 0 Å². The lowest BCUT2D eigenvalue weighted by Crippen LogP contribution is -2.36. The second-order valence-corrected chi connectivity index (χ2v) is 6.65. The Labute approximate surface area is 137 Å². The van der Waals surface area contributed by atoms with Crippen LogP contribution >= 0.6 is 11.3 Å². The van der Waals surface area contributed by atoms with Gasteiger partial charge in [-0.25, -0.2) is 4.39 Å². The highest BCUT2D eigenvalue weighted by Gasteiger charge is 2.31. The van der Waals surface area contributed by atoms with Crippen LogP contribution in [0.4, 0.5) is 4.39 Å². The molecule has 1 unspecified atom stereocenters. The number of aliphatic carboxylic acids is 1. The van der Waals surface area contributed by atoms with E-state index in [9.17, 15) is 14.0 Å². The third-order valence-corrected chi connectivity index (χ3v) is 5.12. The zero-order chi connectivity index (χ0) is 16.4. The third kappa shape index (κ3) is 3.42. The topological polar surface area (TPSA) is 57.6 Å². The fraction of sp³-hybridized carbons (Fsp3) is 0.294. The Morgan fingerprint density at radius 2 is 1.96 bits per heavy atom. The number of rotatable bonds is 4. The predicted molar refractivity (Wildman–Crippen MR) is 86.0 cm³/mol. The van der Waals surface area contributed by atoms with Crippen molar-refractivity contribution in [3.05, 3.63) is 47.1 Å². The lowest BCUT2D eigenvalue weighted by atomic mass is 10.1. The first-order valence-electron chi connectivity index (χ1n) is 7.43. The molecule has 2 heterocycles. The largest absolute Gasteiger partial charge is 0.481 e. The Morgan fingerprint density at radius 3 is 2.65 bits per heavy atom. The van der Waals surface area contributed by atoms with Gasteiger partial charge in [0.25, 0.3) is 5.91 Å². The van der Waals surface area contributed by atoms with Gasteiger partial charge < -0.3 is 10.0 Å². The number of nitrogens with zero attached hydrogens (tertiary/aromatic N) is 1. The summed E-state index contributed by atoms with van der Waals surface area (Å²) >= 11 is 1.35. The highest BCUT2D eigenvalue weighted by atomic mass is 32.1. The summed E-state index contributed by atoms with van der Waals surface area (Å²) in [6.07, 6.45) is 1.55. The highest BCUT2D eigenvalue weighted by molar-refractivity contribution is 7.17. The van der Waals surface area contributed by atoms with Crippen molar-refractivity contribution < 1.29 is 19.1 Å². The second-order valence-electron chi connectivity index (χ2n) is 5.56. The molecule has 0 bridgehead atoms. The number of carbonyl (C=O) groups excluding carboxylic acids is 1. The monoisotopic (exact) mass is 333 g/mol. The van der Waals surface area contributed by atoms with E-state index in [0.29, 0.717) is 11.4 Å². The number of benzene rings is 1. The number of halogens is 1. The molecule has 6 heteroatoms. The van der Waals surface area contributed by atoms with Crippen molar-refractivity contribution in [2.75, 3.05) is 6.54 Å². The highest BCUT2D eigenvalue weighted by Crippen LogP contribution is 2.31. The molecule has 0 radical (unpaired) electrons. The van der Waals surface area contributed by atoms with Crippen LogP contribution in [-0.4, -0.2) is 34.5 Å². The average molecular weight is 333 g/mol. The van der Waals surface area contributed by atoms with E-state index in [1.54, 1.807) is 23.1 Å². The van der Waals surface area contributed by atoms with E-state index < -0.39 is 5.97 Å². The minimum absolute atomic E-state index is 0.0120. The number of likely N-dealkylation sites (tertiary alicyclic amines) is 1. The van der Waals surface area contributed by atoms with Crippen molar-refractivity contribution in [3.8, 4) is 10.4 Å². The number of thiophene rings is 1. The number of hydrogen-bond acceptors (Lipinski definition) is 3. The molecule has 2 aromatic rings. The normalized spacial score (nSPS) is 17.4. The van der Waals surface area contributed by atoms with Crippen LogP contribution in [0, 0.1) is 5.82 Å². The van der Waals surface area contributed by atoms with Gasteiger partial charge in [-0.05, 0) is 42.7 Å². The molecule has 4 nitrogen and oxygen atoms in total. The first-order valence-corrected chi connectivity index (χ1v) is 8.25. The van der Waals surface area contributed by atoms with Crippen molar-refractivity contribution in [1.82, 2.24) is 4.90 Å². The van der Waals surface area contributed by atoms with Crippen molar-refractivity contribution in [3.63, 3.8) is 0 Å². The summed E-state index contributed by atoms with van der Waals surface area (Å²) in [7, 11) is 0. The van der Waals surface area contributed by atoms with Gasteiger partial charge in [-0.3, -0.25) is 9.59 Å². The Morgan fingerprint density at radius 1 is 1.22 bits per heavy atom. The van der Waals surface area contributed by atoms with E-state index in [4.69, 9.17) is 5.11 Å². The van der Waals surface area contributed by atoms with Crippen LogP contribution in [0.5, 0.6) is 0 Å². The number of carbonyl (C=O) groups is 2. The standard InChI is InChI=1S/C17H16FNO3S/c18-12-5-3-11(4-6-12)14-7-8-15(23-14)17(22)19-9-1-2-13(19)10-16(20)21/h3-8,13H,1-2,9-10H2,(H,20,21). The first-order chi connectivity index (χ1) is 11.0. The SMILES string of the molecule is O=C(O)CC1CCCN1C(=O)c1ccc(-c2ccc(F)cc2)s1. The third-order valence-electron chi connectivity index (χ3n) is 3.99. The molecule has 1 aliphatic rings. The van der Waals surface area contributed by atoms with Gasteiger partial charge in [0.05, 0.1) is 11.3 Å². The van der Waals surface area contributed by atoms with Gasteiger partial charge in [-0.1, -0.05) is 12.1 Å². The summed E-state index contributed by atoms with van der Waals surface area (Å²) < 4.78 is 13.0. The summed E-state index contributed by atoms with van der Waals surface area (Å²) in [6.45, 7) is 0.598. The van der Waals surface area contributed by atoms with Gasteiger partial charge in [-0.2, -0.15) is 0 Å². The van der Waals surface area contributed by atoms with Crippen LogP contribution in [0.15, 0.2) is 36.4 Å². The molecule has 1 saturated heterocycles. The maximum atomic E-state index is 13.0. The van der Waals surface area contributed by atoms with Crippen LogP contribution in [0.2, 0.25) is 0 Å². The van der Waals surface area contributed by atoms with Crippen LogP contribution in [0.1, 0.15) is 28.9 Å². The quantitative estimate of drug-likeness (QED) is 0.929. The molecule has 3 rings (SSSR count). The Hall–Kier alpha value is -2.21. The molecule has 1 N–H and O–H groups in total. The average Bonchev–Trinajstić information content (AvgIpc) is 3.16. The number of amides is 1. The van der Waals surface area contributed by atoms with E-state index in [0.717, 1.165) is 23.3 Å². The predicted octanol–water partition coefficient (Wildman–Crippen LogP) is 3.63. The summed E-state index contributed by atoms with van der Waals surface area (Å²) in [5.74, 6) is -1.30. The molecule has 1 aliphatic heterocycles. The summed E-state index contributed by atoms with van der Waals surface area (Å²) in [4.78, 5) is 26.7. The maximum absolute atomic E-state index is 13.0. The lowest BCUT2D eigenvalue weighted by Gasteiger charge is -2.22. The van der Waals surface area contributed by atoms with E-state index in [2.05, 4.69) is 0 Å². The number of carboxylic acids is 1. The van der Waals surface area contributed by atoms with Crippen molar-refractivity contribution in [2.45, 2.75) is 25.3 Å². The maximum Gasteiger partial charge on any atom is 0.305 e. The van der Waals surface area contributed by atoms with Gasteiger partial charge in [0, 0.05) is 17.5 Å². The van der Waals surface area contributed by atoms with Crippen molar-refractivity contribution >= 4 is 23.2 Å². The number of hydrogen-bond donors (Lipinski definition) is 1. The molecule has 1 atom stereocenters. The van der Waals surface area contributed by atoms with Crippen LogP contribution < -0.4 is 0 Å². The molecule has 1 fully saturated rings. The smallest absolute Gasteiger partial charge is 0.305 e. The molecule has 0 aliphatic carbocycles. The second kappa shape index (κ2) is 6.50. The summed E-state index contributed by atoms with van der Waals surface area (Å²) in [6, 6.07) is 9.50. The van der Waals surface area contributed by atoms with Gasteiger partial charge in [-0.15, -0.1) is 11.3 Å². The van der Waals surface area contributed by atoms with Crippen LogP contribution in [-0.2, 0) is 4.79 Å². The zero-order valence-corrected chi connectivity index (χ0v) is 13.2. The van der Waals surface area contributed by atoms with Crippen molar-refractivity contribution in [1.29, 1.82) is 0 Å². The molecule has 1 aromatic heterocycles. The van der Waals surface area contributed by atoms with E-state index in [1.807, 2.05) is 6.07 Å². The minimum Gasteiger partial charge on any atom is -0.481 e. The molecular weight excluding hydrogens is 317 g/mol. The minimum atomic E-state index is -0.882. The Balaban J connectivity index is 1.78. The van der Waals surface area contributed by atoms with Crippen molar-refractivity contribution in [2.24, 2.45) is 0 Å². The van der Waals surface area contributed by atoms with E-state index >= 15 is 0 Å². The lowest BCUT2D eigenvalue weighted by molar-refractivity contribution is -0.137. The van der Waals surface area contributed by atoms with Gasteiger partial charge in [0.2, 0.25) is 0 Å². The number of carboxylic acid groups (broad SMARTS) is 1. The Bertz CT molecular complexity index is 726. The molecular formula is C17H16FNO3S. The summed E-state index contributed by atoms with van der Waals surface area (Å²) in [5.41, 5.74) is 0.860. The summed E-state index contributed by atoms with van der Waals surface area (Å²) in [5, 5.41) is 8.95. The van der Waals surface area contributed by atoms with E-state index in [1.165, 1.54) is 23.5 Å². The zero-order valence-electron chi connectivity index (χ0n) is 12.4. The molecule has 1 aromatic carbocycles. The molecule has 0 spiro atoms. The van der Waals surface area contributed by atoms with Gasteiger partial charge >= 0.3 is 5.97 Å². The molecule has 120 valence electrons. The fourth-order valence-corrected chi connectivity index (χ4v) is 3.85. The van der Waals surface area contributed by atoms with Crippen LogP contribution in [0.25, 0.3) is 10.4 Å². The molecule has 23 heavy (non-hydrogen) atoms. The fourth-order valence-electron chi connectivity index (χ4n) is 2.88. The Kier molecular flexibility index (Phi) is 4.43. The first kappa shape index (κ1) is 15.7. The van der Waals surface area contributed by atoms with E-state index in [-0.39, 0.29) is 24.2 Å². The molecule has 1 amide bonds. The van der Waals surface area contributed by atoms with Gasteiger partial charge in [0.15, 0.2) is 0 Å². The molecule has 0 saturated carbocycles.